The van der Waals surface area contributed by atoms with Gasteiger partial charge >= 0.3 is 11.9 Å². The summed E-state index contributed by atoms with van der Waals surface area (Å²) in [5.41, 5.74) is -3.31. The van der Waals surface area contributed by atoms with Crippen molar-refractivity contribution < 1.29 is 27.8 Å². The fraction of sp³-hybridized carbons (Fsp3) is 0.300. The number of carbonyl (C=O) groups excluding carboxylic acids is 1. The summed E-state index contributed by atoms with van der Waals surface area (Å²) in [6, 6.07) is 2.53. The van der Waals surface area contributed by atoms with E-state index < -0.39 is 40.5 Å². The maximum absolute atomic E-state index is 13.5. The van der Waals surface area contributed by atoms with E-state index in [1.807, 2.05) is 0 Å². The van der Waals surface area contributed by atoms with E-state index in [-0.39, 0.29) is 0 Å². The molecule has 0 saturated carbocycles. The summed E-state index contributed by atoms with van der Waals surface area (Å²) in [5, 5.41) is 9.43. The number of benzene rings is 1. The van der Waals surface area contributed by atoms with Crippen molar-refractivity contribution in [2.24, 2.45) is 0 Å². The van der Waals surface area contributed by atoms with Crippen molar-refractivity contribution >= 4 is 17.6 Å². The number of carbonyl (C=O) groups is 1. The lowest BCUT2D eigenvalue weighted by molar-refractivity contribution is -0.177. The van der Waals surface area contributed by atoms with Crippen LogP contribution in [0, 0.1) is 5.82 Å². The smallest absolute Gasteiger partial charge is 0.380 e. The Morgan fingerprint density at radius 1 is 1.41 bits per heavy atom. The SMILES string of the molecule is O=C1OCC(O)(c2ccc(F)cc2Cl)C1(F)F. The number of aliphatic hydroxyl groups is 1. The summed E-state index contributed by atoms with van der Waals surface area (Å²) in [6.07, 6.45) is 0. The summed E-state index contributed by atoms with van der Waals surface area (Å²) in [4.78, 5) is 10.8. The van der Waals surface area contributed by atoms with E-state index >= 15 is 0 Å². The number of cyclic esters (lactones) is 1. The molecule has 0 spiro atoms. The molecule has 1 heterocycles. The van der Waals surface area contributed by atoms with Crippen LogP contribution in [0.1, 0.15) is 5.56 Å². The number of halogens is 4. The van der Waals surface area contributed by atoms with Crippen LogP contribution in [0.4, 0.5) is 13.2 Å². The van der Waals surface area contributed by atoms with Crippen LogP contribution in [0.2, 0.25) is 5.02 Å². The minimum atomic E-state index is -4.12. The first-order chi connectivity index (χ1) is 7.79. The highest BCUT2D eigenvalue weighted by Crippen LogP contribution is 2.45. The van der Waals surface area contributed by atoms with Gasteiger partial charge < -0.3 is 9.84 Å². The molecule has 0 radical (unpaired) electrons. The average molecular weight is 267 g/mol. The summed E-state index contributed by atoms with van der Waals surface area (Å²) in [6.45, 7) is -0.926. The quantitative estimate of drug-likeness (QED) is 0.789. The highest BCUT2D eigenvalue weighted by molar-refractivity contribution is 6.31. The van der Waals surface area contributed by atoms with Crippen LogP contribution < -0.4 is 0 Å². The zero-order valence-corrected chi connectivity index (χ0v) is 8.97. The van der Waals surface area contributed by atoms with Gasteiger partial charge in [-0.2, -0.15) is 8.78 Å². The summed E-state index contributed by atoms with van der Waals surface area (Å²) in [7, 11) is 0. The molecule has 1 aliphatic rings. The number of ether oxygens (including phenoxy) is 1. The number of rotatable bonds is 1. The van der Waals surface area contributed by atoms with E-state index in [9.17, 15) is 23.1 Å². The molecule has 7 heteroatoms. The Morgan fingerprint density at radius 2 is 2.06 bits per heavy atom. The van der Waals surface area contributed by atoms with Crippen LogP contribution in [0.15, 0.2) is 18.2 Å². The van der Waals surface area contributed by atoms with Gasteiger partial charge in [0.1, 0.15) is 12.4 Å². The molecular weight excluding hydrogens is 261 g/mol. The van der Waals surface area contributed by atoms with Crippen molar-refractivity contribution in [3.8, 4) is 0 Å². The van der Waals surface area contributed by atoms with Crippen molar-refractivity contribution in [2.75, 3.05) is 6.61 Å². The normalized spacial score (nSPS) is 27.0. The highest BCUT2D eigenvalue weighted by atomic mass is 35.5. The van der Waals surface area contributed by atoms with E-state index in [2.05, 4.69) is 4.74 Å². The minimum absolute atomic E-state index is 0.398. The topological polar surface area (TPSA) is 46.5 Å². The summed E-state index contributed by atoms with van der Waals surface area (Å²) in [5.74, 6) is -6.69. The van der Waals surface area contributed by atoms with Gasteiger partial charge in [-0.25, -0.2) is 9.18 Å². The largest absolute Gasteiger partial charge is 0.457 e. The second kappa shape index (κ2) is 3.61. The lowest BCUT2D eigenvalue weighted by Crippen LogP contribution is -2.46. The molecule has 92 valence electrons. The predicted octanol–water partition coefficient (Wildman–Crippen LogP) is 1.86. The molecule has 1 fully saturated rings. The molecule has 0 aromatic heterocycles. The molecular formula is C10H6ClF3O3. The van der Waals surface area contributed by atoms with Crippen molar-refractivity contribution in [3.05, 3.63) is 34.6 Å². The van der Waals surface area contributed by atoms with Gasteiger partial charge in [-0.1, -0.05) is 17.7 Å². The summed E-state index contributed by atoms with van der Waals surface area (Å²) >= 11 is 5.57. The van der Waals surface area contributed by atoms with Crippen LogP contribution >= 0.6 is 11.6 Å². The van der Waals surface area contributed by atoms with Gasteiger partial charge in [-0.15, -0.1) is 0 Å². The second-order valence-corrected chi connectivity index (χ2v) is 4.04. The number of hydrogen-bond donors (Lipinski definition) is 1. The Balaban J connectivity index is 2.56. The fourth-order valence-corrected chi connectivity index (χ4v) is 1.92. The lowest BCUT2D eigenvalue weighted by atomic mass is 9.90. The van der Waals surface area contributed by atoms with Crippen molar-refractivity contribution in [1.82, 2.24) is 0 Å². The maximum atomic E-state index is 13.5. The van der Waals surface area contributed by atoms with Gasteiger partial charge in [-0.05, 0) is 12.1 Å². The second-order valence-electron chi connectivity index (χ2n) is 3.63. The molecule has 1 aromatic rings. The molecule has 3 nitrogen and oxygen atoms in total. The molecule has 1 aromatic carbocycles. The molecule has 0 bridgehead atoms. The zero-order chi connectivity index (χ0) is 12.8. The Hall–Kier alpha value is -1.27. The van der Waals surface area contributed by atoms with Crippen molar-refractivity contribution in [3.63, 3.8) is 0 Å². The molecule has 1 aliphatic heterocycles. The van der Waals surface area contributed by atoms with Crippen molar-refractivity contribution in [1.29, 1.82) is 0 Å². The van der Waals surface area contributed by atoms with Crippen LogP contribution in [-0.4, -0.2) is 23.6 Å². The van der Waals surface area contributed by atoms with Gasteiger partial charge in [0.2, 0.25) is 5.60 Å². The van der Waals surface area contributed by atoms with Gasteiger partial charge in [0.15, 0.2) is 0 Å². The Labute approximate surface area is 98.8 Å². The van der Waals surface area contributed by atoms with E-state index in [0.29, 0.717) is 0 Å². The van der Waals surface area contributed by atoms with Gasteiger partial charge in [0, 0.05) is 10.6 Å². The first-order valence-electron chi connectivity index (χ1n) is 4.52. The Kier molecular flexibility index (Phi) is 2.59. The van der Waals surface area contributed by atoms with E-state index in [1.165, 1.54) is 0 Å². The fourth-order valence-electron chi connectivity index (χ4n) is 1.59. The van der Waals surface area contributed by atoms with Gasteiger partial charge in [0.25, 0.3) is 0 Å². The third-order valence-electron chi connectivity index (χ3n) is 2.56. The van der Waals surface area contributed by atoms with E-state index in [0.717, 1.165) is 18.2 Å². The Bertz CT molecular complexity index is 492. The average Bonchev–Trinajstić information content (AvgIpc) is 2.43. The predicted molar refractivity (Wildman–Crippen MR) is 51.2 cm³/mol. The first-order valence-corrected chi connectivity index (χ1v) is 4.90. The van der Waals surface area contributed by atoms with Crippen molar-refractivity contribution in [2.45, 2.75) is 11.5 Å². The monoisotopic (exact) mass is 266 g/mol. The maximum Gasteiger partial charge on any atom is 0.380 e. The summed E-state index contributed by atoms with van der Waals surface area (Å²) < 4.78 is 43.9. The van der Waals surface area contributed by atoms with E-state index in [4.69, 9.17) is 11.6 Å². The highest BCUT2D eigenvalue weighted by Gasteiger charge is 2.67. The van der Waals surface area contributed by atoms with Crippen LogP contribution in [0.25, 0.3) is 0 Å². The molecule has 2 rings (SSSR count). The third-order valence-corrected chi connectivity index (χ3v) is 2.88. The standard InChI is InChI=1S/C10H6ClF3O3/c11-7-3-5(12)1-2-6(7)9(16)4-17-8(15)10(9,13)14/h1-3,16H,4H2. The van der Waals surface area contributed by atoms with Gasteiger partial charge in [0.05, 0.1) is 0 Å². The number of alkyl halides is 2. The molecule has 0 aliphatic carbocycles. The molecule has 1 atom stereocenters. The molecule has 1 N–H and O–H groups in total. The van der Waals surface area contributed by atoms with E-state index in [1.54, 1.807) is 0 Å². The molecule has 1 unspecified atom stereocenters. The third kappa shape index (κ3) is 1.59. The number of hydrogen-bond acceptors (Lipinski definition) is 3. The van der Waals surface area contributed by atoms with Crippen LogP contribution in [0.5, 0.6) is 0 Å². The van der Waals surface area contributed by atoms with Crippen LogP contribution in [-0.2, 0) is 15.1 Å². The molecule has 17 heavy (non-hydrogen) atoms. The van der Waals surface area contributed by atoms with Gasteiger partial charge in [-0.3, -0.25) is 0 Å². The van der Waals surface area contributed by atoms with Crippen LogP contribution in [0.3, 0.4) is 0 Å². The molecule has 0 amide bonds. The zero-order valence-electron chi connectivity index (χ0n) is 8.21. The minimum Gasteiger partial charge on any atom is -0.457 e. The number of esters is 1. The molecule has 1 saturated heterocycles. The lowest BCUT2D eigenvalue weighted by Gasteiger charge is -2.26. The Morgan fingerprint density at radius 3 is 2.53 bits per heavy atom. The first kappa shape index (κ1) is 12.2.